The van der Waals surface area contributed by atoms with E-state index in [4.69, 9.17) is 35.4 Å². The van der Waals surface area contributed by atoms with Crippen LogP contribution in [0.4, 0.5) is 5.13 Å². The Labute approximate surface area is 141 Å². The summed E-state index contributed by atoms with van der Waals surface area (Å²) in [6.45, 7) is 1.94. The first-order chi connectivity index (χ1) is 9.99. The minimum atomic E-state index is -0.159. The van der Waals surface area contributed by atoms with Crippen molar-refractivity contribution < 1.29 is 4.79 Å². The number of nitrogens with zero attached hydrogens (tertiary/aromatic N) is 1. The predicted molar refractivity (Wildman–Crippen MR) is 93.7 cm³/mol. The van der Waals surface area contributed by atoms with Crippen LogP contribution in [-0.2, 0) is 4.79 Å². The van der Waals surface area contributed by atoms with Gasteiger partial charge in [-0.15, -0.1) is 11.6 Å². The molecule has 0 saturated carbocycles. The molecule has 2 rings (SSSR count). The lowest BCUT2D eigenvalue weighted by atomic mass is 10.2. The van der Waals surface area contributed by atoms with E-state index in [1.807, 2.05) is 19.1 Å². The molecule has 0 aliphatic carbocycles. The third kappa shape index (κ3) is 4.51. The first-order valence-electron chi connectivity index (χ1n) is 6.23. The molecule has 2 aromatic rings. The molecule has 0 radical (unpaired) electrons. The zero-order valence-corrected chi connectivity index (χ0v) is 14.3. The van der Waals surface area contributed by atoms with Gasteiger partial charge in [0.15, 0.2) is 10.2 Å². The summed E-state index contributed by atoms with van der Waals surface area (Å²) >= 11 is 18.1. The third-order valence-electron chi connectivity index (χ3n) is 2.68. The van der Waals surface area contributed by atoms with Crippen LogP contribution >= 0.6 is 46.8 Å². The number of hydrogen-bond donors (Lipinski definition) is 2. The van der Waals surface area contributed by atoms with E-state index in [1.165, 1.54) is 11.3 Å². The number of hydrogen-bond acceptors (Lipinski definition) is 4. The van der Waals surface area contributed by atoms with Crippen molar-refractivity contribution in [2.24, 2.45) is 0 Å². The van der Waals surface area contributed by atoms with Gasteiger partial charge in [0, 0.05) is 17.3 Å². The fraction of sp³-hybridized carbons (Fsp3) is 0.308. The van der Waals surface area contributed by atoms with Crippen molar-refractivity contribution in [2.75, 3.05) is 11.2 Å². The number of alkyl halides is 1. The average Bonchev–Trinajstić information content (AvgIpc) is 2.77. The number of nitrogens with one attached hydrogen (secondary N) is 2. The highest BCUT2D eigenvalue weighted by Gasteiger charge is 2.09. The van der Waals surface area contributed by atoms with Crippen molar-refractivity contribution in [1.29, 1.82) is 0 Å². The molecule has 21 heavy (non-hydrogen) atoms. The number of carbonyl (C=O) groups excluding carboxylic acids is 1. The normalized spacial score (nSPS) is 10.6. The van der Waals surface area contributed by atoms with Gasteiger partial charge in [-0.25, -0.2) is 4.98 Å². The fourth-order valence-corrected chi connectivity index (χ4v) is 3.17. The Bertz CT molecular complexity index is 648. The van der Waals surface area contributed by atoms with Crippen molar-refractivity contribution in [1.82, 2.24) is 10.3 Å². The molecule has 0 atom stereocenters. The Morgan fingerprint density at radius 2 is 2.24 bits per heavy atom. The van der Waals surface area contributed by atoms with Gasteiger partial charge in [-0.2, -0.15) is 0 Å². The molecule has 8 heteroatoms. The Hall–Kier alpha value is -0.950. The number of halogens is 2. The Kier molecular flexibility index (Phi) is 5.75. The van der Waals surface area contributed by atoms with Gasteiger partial charge in [-0.1, -0.05) is 22.9 Å². The fourth-order valence-electron chi connectivity index (χ4n) is 1.65. The highest BCUT2D eigenvalue weighted by molar-refractivity contribution is 7.80. The van der Waals surface area contributed by atoms with E-state index in [1.54, 1.807) is 0 Å². The maximum atomic E-state index is 11.5. The van der Waals surface area contributed by atoms with Crippen LogP contribution in [0.5, 0.6) is 0 Å². The lowest BCUT2D eigenvalue weighted by molar-refractivity contribution is -0.119. The molecule has 0 aliphatic heterocycles. The van der Waals surface area contributed by atoms with Crippen LogP contribution in [0.2, 0.25) is 5.02 Å². The predicted octanol–water partition coefficient (Wildman–Crippen LogP) is 4.09. The number of fused-ring (bicyclic) bond motifs is 1. The molecule has 0 unspecified atom stereocenters. The lowest BCUT2D eigenvalue weighted by Gasteiger charge is -2.06. The first kappa shape index (κ1) is 16.4. The molecular formula is C13H13Cl2N3OS2. The summed E-state index contributed by atoms with van der Waals surface area (Å²) in [5.41, 5.74) is 1.80. The van der Waals surface area contributed by atoms with E-state index in [9.17, 15) is 4.79 Å². The molecule has 0 bridgehead atoms. The minimum Gasteiger partial charge on any atom is -0.308 e. The van der Waals surface area contributed by atoms with Crippen LogP contribution in [0.15, 0.2) is 12.1 Å². The van der Waals surface area contributed by atoms with Crippen molar-refractivity contribution in [3.63, 3.8) is 0 Å². The van der Waals surface area contributed by atoms with Crippen LogP contribution in [0.25, 0.3) is 10.2 Å². The third-order valence-corrected chi connectivity index (χ3v) is 4.49. The number of carbonyl (C=O) groups is 1. The van der Waals surface area contributed by atoms with Crippen molar-refractivity contribution >= 4 is 73.1 Å². The van der Waals surface area contributed by atoms with Crippen LogP contribution in [0, 0.1) is 6.92 Å². The van der Waals surface area contributed by atoms with E-state index in [-0.39, 0.29) is 11.0 Å². The second-order valence-electron chi connectivity index (χ2n) is 4.38. The number of aromatic nitrogens is 1. The highest BCUT2D eigenvalue weighted by atomic mass is 35.5. The standard InChI is InChI=1S/C13H13Cl2N3OS2/c1-7-5-10-9(6-8(7)15)16-13(21-10)18-12(20)17-11(19)3-2-4-14/h5-6H,2-4H2,1H3,(H2,16,17,18,19,20). The van der Waals surface area contributed by atoms with Crippen molar-refractivity contribution in [2.45, 2.75) is 19.8 Å². The highest BCUT2D eigenvalue weighted by Crippen LogP contribution is 2.30. The number of benzene rings is 1. The summed E-state index contributed by atoms with van der Waals surface area (Å²) < 4.78 is 1.01. The lowest BCUT2D eigenvalue weighted by Crippen LogP contribution is -2.33. The Morgan fingerprint density at radius 3 is 2.95 bits per heavy atom. The zero-order chi connectivity index (χ0) is 15.4. The van der Waals surface area contributed by atoms with Crippen LogP contribution in [-0.4, -0.2) is 21.9 Å². The maximum absolute atomic E-state index is 11.5. The molecule has 0 fully saturated rings. The number of rotatable bonds is 4. The summed E-state index contributed by atoms with van der Waals surface area (Å²) in [7, 11) is 0. The maximum Gasteiger partial charge on any atom is 0.226 e. The Balaban J connectivity index is 2.02. The van der Waals surface area contributed by atoms with E-state index in [0.717, 1.165) is 15.8 Å². The average molecular weight is 362 g/mol. The smallest absolute Gasteiger partial charge is 0.226 e. The molecule has 1 heterocycles. The summed E-state index contributed by atoms with van der Waals surface area (Å²) in [5, 5.41) is 7.03. The van der Waals surface area contributed by atoms with Crippen LogP contribution < -0.4 is 10.6 Å². The van der Waals surface area contributed by atoms with Crippen molar-refractivity contribution in [3.8, 4) is 0 Å². The monoisotopic (exact) mass is 361 g/mol. The van der Waals surface area contributed by atoms with Gasteiger partial charge in [-0.3, -0.25) is 4.79 Å². The van der Waals surface area contributed by atoms with Crippen LogP contribution in [0.1, 0.15) is 18.4 Å². The molecule has 0 saturated heterocycles. The van der Waals surface area contributed by atoms with E-state index in [0.29, 0.717) is 28.9 Å². The number of thiazole rings is 1. The van der Waals surface area contributed by atoms with Gasteiger partial charge in [-0.05, 0) is 43.3 Å². The minimum absolute atomic E-state index is 0.159. The van der Waals surface area contributed by atoms with Gasteiger partial charge in [0.05, 0.1) is 10.2 Å². The van der Waals surface area contributed by atoms with Crippen molar-refractivity contribution in [3.05, 3.63) is 22.7 Å². The van der Waals surface area contributed by atoms with E-state index in [2.05, 4.69) is 15.6 Å². The molecular weight excluding hydrogens is 349 g/mol. The summed E-state index contributed by atoms with van der Waals surface area (Å²) in [5.74, 6) is 0.291. The molecule has 0 spiro atoms. The van der Waals surface area contributed by atoms with E-state index < -0.39 is 0 Å². The SMILES string of the molecule is Cc1cc2sc(NC(=S)NC(=O)CCCCl)nc2cc1Cl. The number of anilines is 1. The molecule has 1 aromatic carbocycles. The number of aryl methyl sites for hydroxylation is 1. The molecule has 1 amide bonds. The van der Waals surface area contributed by atoms with Gasteiger partial charge < -0.3 is 10.6 Å². The second-order valence-corrected chi connectivity index (χ2v) is 6.61. The number of thiocarbonyl (C=S) groups is 1. The molecule has 1 aromatic heterocycles. The van der Waals surface area contributed by atoms with Gasteiger partial charge in [0.2, 0.25) is 5.91 Å². The van der Waals surface area contributed by atoms with Gasteiger partial charge >= 0.3 is 0 Å². The zero-order valence-electron chi connectivity index (χ0n) is 11.2. The quantitative estimate of drug-likeness (QED) is 0.635. The first-order valence-corrected chi connectivity index (χ1v) is 8.37. The van der Waals surface area contributed by atoms with Gasteiger partial charge in [0.25, 0.3) is 0 Å². The molecule has 4 nitrogen and oxygen atoms in total. The number of amides is 1. The molecule has 0 aliphatic rings. The molecule has 2 N–H and O–H groups in total. The second kappa shape index (κ2) is 7.35. The largest absolute Gasteiger partial charge is 0.308 e. The summed E-state index contributed by atoms with van der Waals surface area (Å²) in [6, 6.07) is 3.79. The summed E-state index contributed by atoms with van der Waals surface area (Å²) in [4.78, 5) is 15.9. The summed E-state index contributed by atoms with van der Waals surface area (Å²) in [6.07, 6.45) is 0.967. The van der Waals surface area contributed by atoms with Crippen LogP contribution in [0.3, 0.4) is 0 Å². The van der Waals surface area contributed by atoms with E-state index >= 15 is 0 Å². The Morgan fingerprint density at radius 1 is 1.48 bits per heavy atom. The van der Waals surface area contributed by atoms with Gasteiger partial charge in [0.1, 0.15) is 0 Å². The molecule has 112 valence electrons. The topological polar surface area (TPSA) is 54.0 Å².